The van der Waals surface area contributed by atoms with Crippen LogP contribution >= 0.6 is 0 Å². The van der Waals surface area contributed by atoms with Crippen molar-refractivity contribution in [2.45, 2.75) is 71.1 Å². The summed E-state index contributed by atoms with van der Waals surface area (Å²) in [5.74, 6) is 1.46. The number of hydrogen-bond acceptors (Lipinski definition) is 3. The van der Waals surface area contributed by atoms with Crippen molar-refractivity contribution in [3.05, 3.63) is 17.7 Å². The van der Waals surface area contributed by atoms with Gasteiger partial charge < -0.3 is 19.5 Å². The topological polar surface area (TPSA) is 59.4 Å². The molecule has 2 aliphatic rings. The van der Waals surface area contributed by atoms with E-state index in [1.54, 1.807) is 7.11 Å². The van der Waals surface area contributed by atoms with Gasteiger partial charge in [-0.15, -0.1) is 0 Å². The highest BCUT2D eigenvalue weighted by Crippen LogP contribution is 2.22. The van der Waals surface area contributed by atoms with Crippen molar-refractivity contribution in [3.63, 3.8) is 0 Å². The number of likely N-dealkylation sites (tertiary alicyclic amines) is 1. The molecular weight excluding hydrogens is 316 g/mol. The van der Waals surface area contributed by atoms with Crippen molar-refractivity contribution < 1.29 is 9.53 Å². The number of carbonyl (C=O) groups is 1. The molecule has 0 spiro atoms. The van der Waals surface area contributed by atoms with Crippen LogP contribution in [0, 0.1) is 12.8 Å². The number of nitrogens with one attached hydrogen (secondary N) is 1. The molecule has 6 nitrogen and oxygen atoms in total. The lowest BCUT2D eigenvalue weighted by atomic mass is 9.95. The minimum atomic E-state index is 0.135. The van der Waals surface area contributed by atoms with Crippen molar-refractivity contribution in [1.29, 1.82) is 0 Å². The molecule has 0 aromatic carbocycles. The zero-order valence-electron chi connectivity index (χ0n) is 15.7. The molecule has 1 saturated carbocycles. The average Bonchev–Trinajstić information content (AvgIpc) is 2.97. The maximum Gasteiger partial charge on any atom is 0.317 e. The molecule has 1 aromatic rings. The summed E-state index contributed by atoms with van der Waals surface area (Å²) in [6, 6.07) is 0.516. The smallest absolute Gasteiger partial charge is 0.317 e. The number of aryl methyl sites for hydroxylation is 1. The largest absolute Gasteiger partial charge is 0.377 e. The number of nitrogens with zero attached hydrogens (tertiary/aromatic N) is 3. The van der Waals surface area contributed by atoms with Crippen LogP contribution in [0.25, 0.3) is 0 Å². The number of urea groups is 1. The fraction of sp³-hybridized carbons (Fsp3) is 0.789. The van der Waals surface area contributed by atoms with Crippen LogP contribution < -0.4 is 5.32 Å². The number of ether oxygens (including phenoxy) is 1. The third-order valence-corrected chi connectivity index (χ3v) is 5.59. The molecule has 1 aromatic heterocycles. The molecule has 3 rings (SSSR count). The Labute approximate surface area is 150 Å². The van der Waals surface area contributed by atoms with Crippen molar-refractivity contribution in [1.82, 2.24) is 19.8 Å². The Balaban J connectivity index is 1.55. The van der Waals surface area contributed by atoms with Gasteiger partial charge in [0.15, 0.2) is 0 Å². The fourth-order valence-corrected chi connectivity index (χ4v) is 4.17. The van der Waals surface area contributed by atoms with Crippen LogP contribution in [0.5, 0.6) is 0 Å². The fourth-order valence-electron chi connectivity index (χ4n) is 4.17. The number of rotatable bonds is 5. The maximum atomic E-state index is 12.6. The number of imidazole rings is 1. The standard InChI is InChI=1S/C19H32N4O2/c1-15-11-20-18(14-25-2)23(15)13-16-7-6-10-22(12-16)19(24)21-17-8-4-3-5-9-17/h11,16-17H,3-10,12-14H2,1-2H3,(H,21,24). The molecule has 2 heterocycles. The highest BCUT2D eigenvalue weighted by Gasteiger charge is 2.26. The van der Waals surface area contributed by atoms with Gasteiger partial charge in [0.05, 0.1) is 0 Å². The molecule has 1 atom stereocenters. The van der Waals surface area contributed by atoms with Gasteiger partial charge in [-0.1, -0.05) is 19.3 Å². The van der Waals surface area contributed by atoms with Crippen LogP contribution in [0.2, 0.25) is 0 Å². The van der Waals surface area contributed by atoms with E-state index in [4.69, 9.17) is 4.74 Å². The Morgan fingerprint density at radius 2 is 2.08 bits per heavy atom. The Bertz CT molecular complexity index is 566. The maximum absolute atomic E-state index is 12.6. The second kappa shape index (κ2) is 8.70. The van der Waals surface area contributed by atoms with Gasteiger partial charge in [0, 0.05) is 44.7 Å². The number of aromatic nitrogens is 2. The Morgan fingerprint density at radius 3 is 2.84 bits per heavy atom. The molecule has 0 bridgehead atoms. The molecule has 0 radical (unpaired) electrons. The van der Waals surface area contributed by atoms with Gasteiger partial charge in [-0.2, -0.15) is 0 Å². The van der Waals surface area contributed by atoms with Crippen molar-refractivity contribution in [3.8, 4) is 0 Å². The van der Waals surface area contributed by atoms with Gasteiger partial charge in [-0.05, 0) is 38.5 Å². The first-order valence-corrected chi connectivity index (χ1v) is 9.72. The number of methoxy groups -OCH3 is 1. The second-order valence-electron chi connectivity index (χ2n) is 7.60. The zero-order valence-corrected chi connectivity index (χ0v) is 15.7. The lowest BCUT2D eigenvalue weighted by molar-refractivity contribution is 0.148. The van der Waals surface area contributed by atoms with E-state index in [1.807, 2.05) is 11.1 Å². The third-order valence-electron chi connectivity index (χ3n) is 5.59. The predicted octanol–water partition coefficient (Wildman–Crippen LogP) is 3.09. The molecule has 1 unspecified atom stereocenters. The third kappa shape index (κ3) is 4.75. The summed E-state index contributed by atoms with van der Waals surface area (Å²) in [4.78, 5) is 19.1. The summed E-state index contributed by atoms with van der Waals surface area (Å²) in [7, 11) is 1.70. The summed E-state index contributed by atoms with van der Waals surface area (Å²) >= 11 is 0. The second-order valence-corrected chi connectivity index (χ2v) is 7.60. The Morgan fingerprint density at radius 1 is 1.28 bits per heavy atom. The first kappa shape index (κ1) is 18.2. The summed E-state index contributed by atoms with van der Waals surface area (Å²) in [5, 5.41) is 3.26. The van der Waals surface area contributed by atoms with E-state index >= 15 is 0 Å². The van der Waals surface area contributed by atoms with E-state index < -0.39 is 0 Å². The van der Waals surface area contributed by atoms with Gasteiger partial charge in [-0.3, -0.25) is 0 Å². The molecular formula is C19H32N4O2. The molecule has 6 heteroatoms. The highest BCUT2D eigenvalue weighted by atomic mass is 16.5. The van der Waals surface area contributed by atoms with E-state index in [0.29, 0.717) is 18.6 Å². The van der Waals surface area contributed by atoms with Crippen LogP contribution in [0.4, 0.5) is 4.79 Å². The molecule has 2 fully saturated rings. The van der Waals surface area contributed by atoms with E-state index in [-0.39, 0.29) is 6.03 Å². The van der Waals surface area contributed by atoms with Crippen molar-refractivity contribution in [2.24, 2.45) is 5.92 Å². The number of carbonyl (C=O) groups excluding carboxylic acids is 1. The molecule has 2 amide bonds. The van der Waals surface area contributed by atoms with Crippen LogP contribution in [0.3, 0.4) is 0 Å². The first-order valence-electron chi connectivity index (χ1n) is 9.72. The first-order chi connectivity index (χ1) is 12.2. The Hall–Kier alpha value is -1.56. The average molecular weight is 348 g/mol. The Kier molecular flexibility index (Phi) is 6.34. The molecule has 1 aliphatic carbocycles. The van der Waals surface area contributed by atoms with E-state index in [1.165, 1.54) is 19.3 Å². The van der Waals surface area contributed by atoms with Gasteiger partial charge >= 0.3 is 6.03 Å². The number of piperidine rings is 1. The van der Waals surface area contributed by atoms with Gasteiger partial charge in [0.2, 0.25) is 0 Å². The quantitative estimate of drug-likeness (QED) is 0.889. The summed E-state index contributed by atoms with van der Waals surface area (Å²) in [6.07, 6.45) is 10.2. The van der Waals surface area contributed by atoms with Crippen LogP contribution in [0.15, 0.2) is 6.20 Å². The molecule has 1 aliphatic heterocycles. The van der Waals surface area contributed by atoms with Crippen molar-refractivity contribution in [2.75, 3.05) is 20.2 Å². The molecule has 140 valence electrons. The van der Waals surface area contributed by atoms with Crippen LogP contribution in [-0.4, -0.2) is 46.7 Å². The minimum Gasteiger partial charge on any atom is -0.377 e. The lowest BCUT2D eigenvalue weighted by Gasteiger charge is -2.35. The summed E-state index contributed by atoms with van der Waals surface area (Å²) < 4.78 is 7.50. The van der Waals surface area contributed by atoms with E-state index in [9.17, 15) is 4.79 Å². The molecule has 1 saturated heterocycles. The normalized spacial score (nSPS) is 22.2. The summed E-state index contributed by atoms with van der Waals surface area (Å²) in [5.41, 5.74) is 1.16. The van der Waals surface area contributed by atoms with E-state index in [2.05, 4.69) is 21.8 Å². The predicted molar refractivity (Wildman–Crippen MR) is 97.4 cm³/mol. The SMILES string of the molecule is COCc1ncc(C)n1CC1CCCN(C(=O)NC2CCCCC2)C1. The van der Waals surface area contributed by atoms with Gasteiger partial charge in [0.25, 0.3) is 0 Å². The van der Waals surface area contributed by atoms with Crippen LogP contribution in [0.1, 0.15) is 56.5 Å². The minimum absolute atomic E-state index is 0.135. The zero-order chi connectivity index (χ0) is 17.6. The highest BCUT2D eigenvalue weighted by molar-refractivity contribution is 5.74. The van der Waals surface area contributed by atoms with Gasteiger partial charge in [0.1, 0.15) is 12.4 Å². The lowest BCUT2D eigenvalue weighted by Crippen LogP contribution is -2.49. The molecule has 25 heavy (non-hydrogen) atoms. The monoisotopic (exact) mass is 348 g/mol. The van der Waals surface area contributed by atoms with Crippen LogP contribution in [-0.2, 0) is 17.9 Å². The van der Waals surface area contributed by atoms with Gasteiger partial charge in [-0.25, -0.2) is 9.78 Å². The van der Waals surface area contributed by atoms with E-state index in [0.717, 1.165) is 56.8 Å². The number of hydrogen-bond donors (Lipinski definition) is 1. The number of amides is 2. The van der Waals surface area contributed by atoms with Crippen molar-refractivity contribution >= 4 is 6.03 Å². The molecule has 1 N–H and O–H groups in total. The summed E-state index contributed by atoms with van der Waals surface area (Å²) in [6.45, 7) is 5.25.